The molecule has 0 radical (unpaired) electrons. The molecule has 1 amide bonds. The van der Waals surface area contributed by atoms with Crippen LogP contribution in [0, 0.1) is 11.6 Å². The molecule has 1 unspecified atom stereocenters. The molecule has 1 saturated heterocycles. The van der Waals surface area contributed by atoms with Gasteiger partial charge in [-0.05, 0) is 12.1 Å². The lowest BCUT2D eigenvalue weighted by atomic mass is 10.2. The van der Waals surface area contributed by atoms with Gasteiger partial charge in [0.2, 0.25) is 5.91 Å². The molecular formula is C12H13BrF2N2O3S. The number of hydrogen-bond donors (Lipinski definition) is 2. The van der Waals surface area contributed by atoms with Crippen molar-refractivity contribution in [3.8, 4) is 0 Å². The molecular weight excluding hydrogens is 370 g/mol. The Kier molecular flexibility index (Phi) is 4.95. The monoisotopic (exact) mass is 382 g/mol. The third-order valence-electron chi connectivity index (χ3n) is 3.00. The van der Waals surface area contributed by atoms with Crippen molar-refractivity contribution >= 4 is 37.4 Å². The summed E-state index contributed by atoms with van der Waals surface area (Å²) in [5.74, 6) is -2.59. The number of halogens is 3. The fourth-order valence-electron chi connectivity index (χ4n) is 2.07. The molecule has 0 bridgehead atoms. The summed E-state index contributed by atoms with van der Waals surface area (Å²) in [6, 6.07) is 1.51. The average Bonchev–Trinajstić information content (AvgIpc) is 2.32. The van der Waals surface area contributed by atoms with Crippen LogP contribution in [0.15, 0.2) is 16.6 Å². The first-order valence-corrected chi connectivity index (χ1v) is 8.76. The summed E-state index contributed by atoms with van der Waals surface area (Å²) in [7, 11) is -3.17. The number of hydrogen-bond acceptors (Lipinski definition) is 4. The van der Waals surface area contributed by atoms with E-state index in [2.05, 4.69) is 26.6 Å². The Morgan fingerprint density at radius 1 is 1.38 bits per heavy atom. The first kappa shape index (κ1) is 16.3. The van der Waals surface area contributed by atoms with Crippen molar-refractivity contribution in [1.82, 2.24) is 5.32 Å². The van der Waals surface area contributed by atoms with E-state index >= 15 is 0 Å². The van der Waals surface area contributed by atoms with Crippen molar-refractivity contribution in [1.29, 1.82) is 0 Å². The van der Waals surface area contributed by atoms with Gasteiger partial charge in [0.15, 0.2) is 21.5 Å². The van der Waals surface area contributed by atoms with Crippen LogP contribution < -0.4 is 10.6 Å². The second kappa shape index (κ2) is 6.37. The van der Waals surface area contributed by atoms with Crippen LogP contribution in [0.25, 0.3) is 0 Å². The zero-order valence-electron chi connectivity index (χ0n) is 10.8. The third-order valence-corrected chi connectivity index (χ3v) is 5.20. The molecule has 0 spiro atoms. The Morgan fingerprint density at radius 3 is 2.57 bits per heavy atom. The fraction of sp³-hybridized carbons (Fsp3) is 0.417. The highest BCUT2D eigenvalue weighted by molar-refractivity contribution is 9.10. The quantitative estimate of drug-likeness (QED) is 0.829. The molecule has 0 aliphatic carbocycles. The van der Waals surface area contributed by atoms with Crippen molar-refractivity contribution in [2.45, 2.75) is 12.5 Å². The topological polar surface area (TPSA) is 75.3 Å². The summed E-state index contributed by atoms with van der Waals surface area (Å²) in [5, 5.41) is 5.03. The minimum atomic E-state index is -3.17. The van der Waals surface area contributed by atoms with Gasteiger partial charge < -0.3 is 10.6 Å². The summed E-state index contributed by atoms with van der Waals surface area (Å²) in [5.41, 5.74) is -0.540. The van der Waals surface area contributed by atoms with E-state index in [9.17, 15) is 22.0 Å². The van der Waals surface area contributed by atoms with Crippen LogP contribution in [0.1, 0.15) is 6.42 Å². The first-order chi connectivity index (χ1) is 9.77. The number of benzene rings is 1. The molecule has 116 valence electrons. The van der Waals surface area contributed by atoms with E-state index in [0.717, 1.165) is 12.1 Å². The number of nitrogens with one attached hydrogen (secondary N) is 2. The molecule has 0 saturated carbocycles. The maximum Gasteiger partial charge on any atom is 0.226 e. The summed E-state index contributed by atoms with van der Waals surface area (Å²) < 4.78 is 50.3. The smallest absolute Gasteiger partial charge is 0.226 e. The summed E-state index contributed by atoms with van der Waals surface area (Å²) in [6.45, 7) is 0.265. The molecule has 1 aliphatic heterocycles. The molecule has 2 N–H and O–H groups in total. The zero-order valence-corrected chi connectivity index (χ0v) is 13.2. The molecule has 5 nitrogen and oxygen atoms in total. The summed E-state index contributed by atoms with van der Waals surface area (Å²) >= 11 is 2.94. The molecule has 1 aliphatic rings. The van der Waals surface area contributed by atoms with E-state index in [-0.39, 0.29) is 28.9 Å². The van der Waals surface area contributed by atoms with Gasteiger partial charge in [-0.3, -0.25) is 4.79 Å². The van der Waals surface area contributed by atoms with E-state index in [4.69, 9.17) is 0 Å². The molecule has 1 fully saturated rings. The van der Waals surface area contributed by atoms with E-state index in [1.807, 2.05) is 0 Å². The van der Waals surface area contributed by atoms with Gasteiger partial charge in [-0.2, -0.15) is 0 Å². The minimum absolute atomic E-state index is 0.0289. The van der Waals surface area contributed by atoms with Gasteiger partial charge in [0.05, 0.1) is 11.5 Å². The highest BCUT2D eigenvalue weighted by Gasteiger charge is 2.26. The van der Waals surface area contributed by atoms with Gasteiger partial charge in [0.25, 0.3) is 0 Å². The van der Waals surface area contributed by atoms with Crippen molar-refractivity contribution in [2.24, 2.45) is 0 Å². The van der Waals surface area contributed by atoms with Crippen molar-refractivity contribution in [3.05, 3.63) is 28.2 Å². The largest absolute Gasteiger partial charge is 0.321 e. The van der Waals surface area contributed by atoms with E-state index in [0.29, 0.717) is 0 Å². The highest BCUT2D eigenvalue weighted by atomic mass is 79.9. The lowest BCUT2D eigenvalue weighted by Gasteiger charge is -2.23. The third kappa shape index (κ3) is 4.45. The number of carbonyl (C=O) groups excluding carboxylic acids is 1. The van der Waals surface area contributed by atoms with Crippen molar-refractivity contribution < 1.29 is 22.0 Å². The maximum atomic E-state index is 13.6. The Balaban J connectivity index is 2.02. The van der Waals surface area contributed by atoms with Gasteiger partial charge in [0.1, 0.15) is 5.69 Å². The molecule has 1 aromatic rings. The van der Waals surface area contributed by atoms with E-state index < -0.39 is 39.1 Å². The van der Waals surface area contributed by atoms with Crippen LogP contribution in [0.5, 0.6) is 0 Å². The van der Waals surface area contributed by atoms with Crippen LogP contribution in [-0.2, 0) is 14.6 Å². The molecule has 1 atom stereocenters. The average molecular weight is 383 g/mol. The van der Waals surface area contributed by atoms with Crippen LogP contribution in [0.3, 0.4) is 0 Å². The number of carbonyl (C=O) groups is 1. The number of anilines is 1. The van der Waals surface area contributed by atoms with Crippen molar-refractivity contribution in [2.75, 3.05) is 23.4 Å². The summed E-state index contributed by atoms with van der Waals surface area (Å²) in [6.07, 6.45) is -0.172. The summed E-state index contributed by atoms with van der Waals surface area (Å²) in [4.78, 5) is 11.8. The fourth-order valence-corrected chi connectivity index (χ4v) is 3.92. The van der Waals surface area contributed by atoms with Gasteiger partial charge in [-0.25, -0.2) is 17.2 Å². The highest BCUT2D eigenvalue weighted by Crippen LogP contribution is 2.24. The SMILES string of the molecule is O=C(CC1CS(=O)(=O)CCN1)Nc1c(F)cc(Br)cc1F. The van der Waals surface area contributed by atoms with Crippen LogP contribution in [0.4, 0.5) is 14.5 Å². The normalized spacial score (nSPS) is 21.0. The zero-order chi connectivity index (χ0) is 15.6. The van der Waals surface area contributed by atoms with Crippen LogP contribution >= 0.6 is 15.9 Å². The second-order valence-electron chi connectivity index (χ2n) is 4.76. The Hall–Kier alpha value is -1.06. The minimum Gasteiger partial charge on any atom is -0.321 e. The van der Waals surface area contributed by atoms with Gasteiger partial charge >= 0.3 is 0 Å². The predicted octanol–water partition coefficient (Wildman–Crippen LogP) is 1.44. The Labute approximate surface area is 129 Å². The lowest BCUT2D eigenvalue weighted by Crippen LogP contribution is -2.46. The molecule has 0 aromatic heterocycles. The van der Waals surface area contributed by atoms with Gasteiger partial charge in [-0.15, -0.1) is 0 Å². The molecule has 9 heteroatoms. The molecule has 1 heterocycles. The van der Waals surface area contributed by atoms with Gasteiger partial charge in [0, 0.05) is 23.5 Å². The Morgan fingerprint density at radius 2 is 2.00 bits per heavy atom. The molecule has 2 rings (SSSR count). The maximum absolute atomic E-state index is 13.6. The number of rotatable bonds is 3. The Bertz CT molecular complexity index is 643. The standard InChI is InChI=1S/C12H13BrF2N2O3S/c13-7-3-9(14)12(10(15)4-7)17-11(18)5-8-6-21(19,20)2-1-16-8/h3-4,8,16H,1-2,5-6H2,(H,17,18). The lowest BCUT2D eigenvalue weighted by molar-refractivity contribution is -0.116. The van der Waals surface area contributed by atoms with Crippen LogP contribution in [0.2, 0.25) is 0 Å². The number of amides is 1. The van der Waals surface area contributed by atoms with Gasteiger partial charge in [-0.1, -0.05) is 15.9 Å². The van der Waals surface area contributed by atoms with Crippen molar-refractivity contribution in [3.63, 3.8) is 0 Å². The van der Waals surface area contributed by atoms with E-state index in [1.54, 1.807) is 0 Å². The second-order valence-corrected chi connectivity index (χ2v) is 7.91. The molecule has 21 heavy (non-hydrogen) atoms. The van der Waals surface area contributed by atoms with Crippen LogP contribution in [-0.4, -0.2) is 38.4 Å². The van der Waals surface area contributed by atoms with E-state index in [1.165, 1.54) is 0 Å². The molecule has 1 aromatic carbocycles. The first-order valence-electron chi connectivity index (χ1n) is 6.15. The predicted molar refractivity (Wildman–Crippen MR) is 77.7 cm³/mol. The number of sulfone groups is 1.